The fraction of sp³-hybridized carbons (Fsp3) is 0.417. The van der Waals surface area contributed by atoms with Crippen LogP contribution in [0.25, 0.3) is 0 Å². The number of benzene rings is 1. The second-order valence-electron chi connectivity index (χ2n) is 3.71. The largest absolute Gasteiger partial charge is 0.354 e. The molecule has 0 spiro atoms. The molecule has 0 aliphatic carbocycles. The maximum atomic E-state index is 11.5. The summed E-state index contributed by atoms with van der Waals surface area (Å²) in [7, 11) is 1.87. The summed E-state index contributed by atoms with van der Waals surface area (Å²) >= 11 is 7.45. The van der Waals surface area contributed by atoms with Gasteiger partial charge in [-0.3, -0.25) is 4.79 Å². The lowest BCUT2D eigenvalue weighted by Crippen LogP contribution is -2.37. The van der Waals surface area contributed by atoms with Crippen LogP contribution in [0.15, 0.2) is 29.2 Å². The number of hydrogen-bond donors (Lipinski definition) is 2. The molecule has 0 fully saturated rings. The average molecular weight is 273 g/mol. The van der Waals surface area contributed by atoms with Crippen LogP contribution < -0.4 is 10.6 Å². The predicted octanol–water partition coefficient (Wildman–Crippen LogP) is 2.16. The number of hydrogen-bond acceptors (Lipinski definition) is 3. The Labute approximate surface area is 111 Å². The van der Waals surface area contributed by atoms with E-state index in [-0.39, 0.29) is 11.9 Å². The first kappa shape index (κ1) is 14.4. The van der Waals surface area contributed by atoms with Crippen LogP contribution in [0.1, 0.15) is 6.92 Å². The van der Waals surface area contributed by atoms with Crippen molar-refractivity contribution in [3.63, 3.8) is 0 Å². The molecule has 2 N–H and O–H groups in total. The van der Waals surface area contributed by atoms with Crippen molar-refractivity contribution in [2.24, 2.45) is 0 Å². The van der Waals surface area contributed by atoms with E-state index in [1.165, 1.54) is 11.8 Å². The topological polar surface area (TPSA) is 41.1 Å². The molecule has 1 unspecified atom stereocenters. The first-order valence-corrected chi connectivity index (χ1v) is 6.81. The molecule has 1 aromatic rings. The lowest BCUT2D eigenvalue weighted by molar-refractivity contribution is -0.118. The van der Waals surface area contributed by atoms with Gasteiger partial charge in [-0.1, -0.05) is 23.7 Å². The normalized spacial score (nSPS) is 12.2. The first-order chi connectivity index (χ1) is 8.13. The zero-order valence-corrected chi connectivity index (χ0v) is 11.6. The van der Waals surface area contributed by atoms with Gasteiger partial charge in [0.2, 0.25) is 5.91 Å². The molecule has 1 aromatic carbocycles. The van der Waals surface area contributed by atoms with Gasteiger partial charge >= 0.3 is 0 Å². The van der Waals surface area contributed by atoms with Crippen molar-refractivity contribution in [2.45, 2.75) is 17.9 Å². The molecular formula is C12H17ClN2OS. The fourth-order valence-corrected chi connectivity index (χ4v) is 2.19. The van der Waals surface area contributed by atoms with Crippen LogP contribution in [-0.2, 0) is 4.79 Å². The zero-order valence-electron chi connectivity index (χ0n) is 10.00. The maximum Gasteiger partial charge on any atom is 0.230 e. The van der Waals surface area contributed by atoms with Crippen molar-refractivity contribution in [1.29, 1.82) is 0 Å². The third-order valence-corrected chi connectivity index (χ3v) is 3.81. The zero-order chi connectivity index (χ0) is 12.7. The highest BCUT2D eigenvalue weighted by molar-refractivity contribution is 8.00. The molecule has 1 atom stereocenters. The van der Waals surface area contributed by atoms with Gasteiger partial charge in [0.05, 0.1) is 10.8 Å². The van der Waals surface area contributed by atoms with E-state index in [0.717, 1.165) is 4.90 Å². The smallest absolute Gasteiger partial charge is 0.230 e. The molecule has 1 rings (SSSR count). The quantitative estimate of drug-likeness (QED) is 0.780. The first-order valence-electron chi connectivity index (χ1n) is 5.44. The molecule has 0 saturated heterocycles. The summed E-state index contributed by atoms with van der Waals surface area (Å²) < 4.78 is 0. The summed E-state index contributed by atoms with van der Waals surface area (Å²) in [5.74, 6) is 0.414. The Morgan fingerprint density at radius 3 is 2.82 bits per heavy atom. The highest BCUT2D eigenvalue weighted by Gasteiger charge is 2.06. The van der Waals surface area contributed by atoms with Gasteiger partial charge in [0.1, 0.15) is 0 Å². The minimum Gasteiger partial charge on any atom is -0.354 e. The van der Waals surface area contributed by atoms with E-state index in [4.69, 9.17) is 11.6 Å². The molecule has 5 heteroatoms. The van der Waals surface area contributed by atoms with E-state index in [1.807, 2.05) is 38.2 Å². The number of halogens is 1. The second-order valence-corrected chi connectivity index (χ2v) is 5.14. The molecule has 3 nitrogen and oxygen atoms in total. The van der Waals surface area contributed by atoms with Crippen molar-refractivity contribution in [3.8, 4) is 0 Å². The molecular weight excluding hydrogens is 256 g/mol. The summed E-state index contributed by atoms with van der Waals surface area (Å²) in [4.78, 5) is 12.5. The van der Waals surface area contributed by atoms with Crippen LogP contribution in [0, 0.1) is 0 Å². The van der Waals surface area contributed by atoms with Gasteiger partial charge in [-0.15, -0.1) is 11.8 Å². The van der Waals surface area contributed by atoms with E-state index in [9.17, 15) is 4.79 Å². The minimum absolute atomic E-state index is 0.0250. The Balaban J connectivity index is 2.31. The summed E-state index contributed by atoms with van der Waals surface area (Å²) in [6, 6.07) is 7.81. The van der Waals surface area contributed by atoms with E-state index in [2.05, 4.69) is 10.6 Å². The summed E-state index contributed by atoms with van der Waals surface area (Å²) in [5, 5.41) is 6.61. The number of likely N-dealkylation sites (N-methyl/N-ethyl adjacent to an activating group) is 1. The van der Waals surface area contributed by atoms with Gasteiger partial charge in [0.15, 0.2) is 0 Å². The van der Waals surface area contributed by atoms with Crippen molar-refractivity contribution >= 4 is 29.3 Å². The van der Waals surface area contributed by atoms with Gasteiger partial charge in [-0.2, -0.15) is 0 Å². The van der Waals surface area contributed by atoms with E-state index < -0.39 is 0 Å². The summed E-state index contributed by atoms with van der Waals surface area (Å²) in [5.41, 5.74) is 0. The Bertz CT molecular complexity index is 373. The fourth-order valence-electron chi connectivity index (χ4n) is 1.13. The van der Waals surface area contributed by atoms with Gasteiger partial charge in [0, 0.05) is 17.5 Å². The SMILES string of the molecule is CNC(C)CNC(=O)CSc1ccccc1Cl. The lowest BCUT2D eigenvalue weighted by Gasteiger charge is -2.11. The molecule has 0 aliphatic heterocycles. The van der Waals surface area contributed by atoms with Crippen LogP contribution in [-0.4, -0.2) is 31.3 Å². The number of nitrogens with one attached hydrogen (secondary N) is 2. The Kier molecular flexibility index (Phi) is 6.40. The second kappa shape index (κ2) is 7.58. The molecule has 17 heavy (non-hydrogen) atoms. The molecule has 0 bridgehead atoms. The number of thioether (sulfide) groups is 1. The number of rotatable bonds is 6. The van der Waals surface area contributed by atoms with E-state index >= 15 is 0 Å². The standard InChI is InChI=1S/C12H17ClN2OS/c1-9(14-2)7-15-12(16)8-17-11-6-4-3-5-10(11)13/h3-6,9,14H,7-8H2,1-2H3,(H,15,16). The van der Waals surface area contributed by atoms with Gasteiger partial charge in [-0.05, 0) is 26.1 Å². The van der Waals surface area contributed by atoms with Crippen molar-refractivity contribution in [1.82, 2.24) is 10.6 Å². The van der Waals surface area contributed by atoms with Crippen molar-refractivity contribution in [3.05, 3.63) is 29.3 Å². The molecule has 0 saturated carbocycles. The van der Waals surface area contributed by atoms with E-state index in [1.54, 1.807) is 0 Å². The number of carbonyl (C=O) groups is 1. The van der Waals surface area contributed by atoms with Crippen LogP contribution in [0.5, 0.6) is 0 Å². The highest BCUT2D eigenvalue weighted by atomic mass is 35.5. The average Bonchev–Trinajstić information content (AvgIpc) is 2.35. The molecule has 1 amide bonds. The number of carbonyl (C=O) groups excluding carboxylic acids is 1. The lowest BCUT2D eigenvalue weighted by atomic mass is 10.3. The molecule has 0 aliphatic rings. The van der Waals surface area contributed by atoms with Crippen molar-refractivity contribution < 1.29 is 4.79 Å². The Morgan fingerprint density at radius 2 is 2.18 bits per heavy atom. The minimum atomic E-state index is 0.0250. The monoisotopic (exact) mass is 272 g/mol. The predicted molar refractivity (Wildman–Crippen MR) is 73.7 cm³/mol. The van der Waals surface area contributed by atoms with Crippen LogP contribution in [0.4, 0.5) is 0 Å². The van der Waals surface area contributed by atoms with Crippen LogP contribution in [0.2, 0.25) is 5.02 Å². The number of amides is 1. The molecule has 0 radical (unpaired) electrons. The van der Waals surface area contributed by atoms with Crippen LogP contribution in [0.3, 0.4) is 0 Å². The summed E-state index contributed by atoms with van der Waals surface area (Å²) in [6.45, 7) is 2.65. The highest BCUT2D eigenvalue weighted by Crippen LogP contribution is 2.26. The third kappa shape index (κ3) is 5.44. The van der Waals surface area contributed by atoms with Gasteiger partial charge < -0.3 is 10.6 Å². The molecule has 94 valence electrons. The van der Waals surface area contributed by atoms with E-state index in [0.29, 0.717) is 17.3 Å². The van der Waals surface area contributed by atoms with Gasteiger partial charge in [0.25, 0.3) is 0 Å². The Hall–Kier alpha value is -0.710. The third-order valence-electron chi connectivity index (χ3n) is 2.29. The van der Waals surface area contributed by atoms with Crippen molar-refractivity contribution in [2.75, 3.05) is 19.3 Å². The summed E-state index contributed by atoms with van der Waals surface area (Å²) in [6.07, 6.45) is 0. The Morgan fingerprint density at radius 1 is 1.47 bits per heavy atom. The maximum absolute atomic E-state index is 11.5. The van der Waals surface area contributed by atoms with Gasteiger partial charge in [-0.25, -0.2) is 0 Å². The van der Waals surface area contributed by atoms with Crippen LogP contribution >= 0.6 is 23.4 Å². The molecule has 0 aromatic heterocycles. The molecule has 0 heterocycles.